The molecule has 0 heterocycles. The average Bonchev–Trinajstić information content (AvgIpc) is 2.35. The third-order valence-electron chi connectivity index (χ3n) is 2.06. The predicted octanol–water partition coefficient (Wildman–Crippen LogP) is 5.41. The van der Waals surface area contributed by atoms with Crippen molar-refractivity contribution in [3.8, 4) is 0 Å². The van der Waals surface area contributed by atoms with Gasteiger partial charge in [-0.25, -0.2) is 0 Å². The number of rotatable bonds is 5. The van der Waals surface area contributed by atoms with Crippen LogP contribution in [0.4, 0.5) is 0 Å². The van der Waals surface area contributed by atoms with Crippen LogP contribution in [-0.4, -0.2) is 5.71 Å². The van der Waals surface area contributed by atoms with Crippen molar-refractivity contribution in [1.29, 1.82) is 5.41 Å². The summed E-state index contributed by atoms with van der Waals surface area (Å²) in [7, 11) is 0. The van der Waals surface area contributed by atoms with Crippen molar-refractivity contribution in [3.05, 3.63) is 72.9 Å². The highest BCUT2D eigenvalue weighted by molar-refractivity contribution is 6.09. The monoisotopic (exact) mass is 243 g/mol. The molecular formula is C17H25N. The Morgan fingerprint density at radius 3 is 1.94 bits per heavy atom. The van der Waals surface area contributed by atoms with Crippen molar-refractivity contribution in [3.63, 3.8) is 0 Å². The van der Waals surface area contributed by atoms with Gasteiger partial charge in [0.1, 0.15) is 0 Å². The highest BCUT2D eigenvalue weighted by Crippen LogP contribution is 2.02. The lowest BCUT2D eigenvalue weighted by molar-refractivity contribution is 1.41. The second kappa shape index (κ2) is 11.6. The summed E-state index contributed by atoms with van der Waals surface area (Å²) in [6, 6.07) is 0. The average molecular weight is 243 g/mol. The zero-order valence-electron chi connectivity index (χ0n) is 12.1. The van der Waals surface area contributed by atoms with Crippen LogP contribution >= 0.6 is 0 Å². The Kier molecular flexibility index (Phi) is 11.9. The van der Waals surface area contributed by atoms with Crippen molar-refractivity contribution in [2.24, 2.45) is 0 Å². The zero-order valence-corrected chi connectivity index (χ0v) is 12.1. The lowest BCUT2D eigenvalue weighted by Crippen LogP contribution is -1.97. The summed E-state index contributed by atoms with van der Waals surface area (Å²) in [6.07, 6.45) is 11.3. The zero-order chi connectivity index (χ0) is 14.6. The molecule has 0 aromatic heterocycles. The van der Waals surface area contributed by atoms with Gasteiger partial charge in [0, 0.05) is 0 Å². The molecule has 0 rings (SSSR count). The Hall–Kier alpha value is -1.89. The van der Waals surface area contributed by atoms with Gasteiger partial charge in [-0.05, 0) is 38.8 Å². The third kappa shape index (κ3) is 10.6. The van der Waals surface area contributed by atoms with Crippen molar-refractivity contribution in [2.45, 2.75) is 27.7 Å². The molecule has 18 heavy (non-hydrogen) atoms. The molecular weight excluding hydrogens is 218 g/mol. The van der Waals surface area contributed by atoms with E-state index in [1.807, 2.05) is 52.0 Å². The van der Waals surface area contributed by atoms with Crippen LogP contribution in [0.1, 0.15) is 27.7 Å². The van der Waals surface area contributed by atoms with E-state index in [0.717, 1.165) is 11.1 Å². The molecule has 98 valence electrons. The second-order valence-electron chi connectivity index (χ2n) is 3.88. The van der Waals surface area contributed by atoms with Gasteiger partial charge < -0.3 is 5.41 Å². The van der Waals surface area contributed by atoms with Crippen LogP contribution in [0.5, 0.6) is 0 Å². The molecule has 0 saturated heterocycles. The van der Waals surface area contributed by atoms with Crippen molar-refractivity contribution in [1.82, 2.24) is 0 Å². The van der Waals surface area contributed by atoms with Crippen molar-refractivity contribution in [2.75, 3.05) is 0 Å². The summed E-state index contributed by atoms with van der Waals surface area (Å²) in [6.45, 7) is 18.5. The van der Waals surface area contributed by atoms with Gasteiger partial charge in [-0.1, -0.05) is 61.8 Å². The van der Waals surface area contributed by atoms with Gasteiger partial charge in [0.05, 0.1) is 5.71 Å². The second-order valence-corrected chi connectivity index (χ2v) is 3.88. The van der Waals surface area contributed by atoms with E-state index < -0.39 is 0 Å². The Morgan fingerprint density at radius 2 is 1.61 bits per heavy atom. The van der Waals surface area contributed by atoms with Gasteiger partial charge in [-0.15, -0.1) is 0 Å². The number of allylic oxidation sites excluding steroid dienone is 9. The summed E-state index contributed by atoms with van der Waals surface area (Å²) >= 11 is 0. The summed E-state index contributed by atoms with van der Waals surface area (Å²) in [4.78, 5) is 0. The molecule has 0 aromatic carbocycles. The Morgan fingerprint density at radius 1 is 1.06 bits per heavy atom. The minimum atomic E-state index is 0.500. The molecule has 0 radical (unpaired) electrons. The first-order valence-corrected chi connectivity index (χ1v) is 5.86. The number of hydrogen-bond acceptors (Lipinski definition) is 1. The minimum absolute atomic E-state index is 0.500. The van der Waals surface area contributed by atoms with Crippen LogP contribution in [-0.2, 0) is 0 Å². The summed E-state index contributed by atoms with van der Waals surface area (Å²) in [5, 5.41) is 7.44. The normalized spacial score (nSPS) is 11.6. The van der Waals surface area contributed by atoms with Gasteiger partial charge in [0.2, 0.25) is 0 Å². The molecule has 1 nitrogen and oxygen atoms in total. The molecule has 0 saturated carbocycles. The van der Waals surface area contributed by atoms with Gasteiger partial charge in [-0.3, -0.25) is 0 Å². The van der Waals surface area contributed by atoms with Gasteiger partial charge >= 0.3 is 0 Å². The Bertz CT molecular complexity index is 390. The summed E-state index contributed by atoms with van der Waals surface area (Å²) in [5.74, 6) is 0. The van der Waals surface area contributed by atoms with Crippen molar-refractivity contribution < 1.29 is 0 Å². The van der Waals surface area contributed by atoms with E-state index in [2.05, 4.69) is 19.7 Å². The van der Waals surface area contributed by atoms with E-state index in [1.54, 1.807) is 12.2 Å². The molecule has 0 unspecified atom stereocenters. The molecule has 0 fully saturated rings. The quantitative estimate of drug-likeness (QED) is 0.493. The fraction of sp³-hybridized carbons (Fsp3) is 0.235. The van der Waals surface area contributed by atoms with Gasteiger partial charge in [0.15, 0.2) is 0 Å². The summed E-state index contributed by atoms with van der Waals surface area (Å²) in [5.41, 5.74) is 3.39. The fourth-order valence-electron chi connectivity index (χ4n) is 0.913. The van der Waals surface area contributed by atoms with Crippen LogP contribution in [0.25, 0.3) is 0 Å². The maximum Gasteiger partial charge on any atom is 0.0592 e. The van der Waals surface area contributed by atoms with Crippen LogP contribution < -0.4 is 0 Å². The standard InChI is InChI=1S/C9H13N.C8H12/c1-5-6-8(4)9(10)7(2)3;1-4-6-7-8(3)5-2/h5-6,10H,1-2H2,3-4H3;4-7H,2H2,1,3H3/b8-6-,10-9?;6-4-,8-7-. The van der Waals surface area contributed by atoms with E-state index >= 15 is 0 Å². The van der Waals surface area contributed by atoms with Crippen LogP contribution in [0.2, 0.25) is 0 Å². The Labute approximate surface area is 112 Å². The highest BCUT2D eigenvalue weighted by atomic mass is 14.4. The van der Waals surface area contributed by atoms with Crippen LogP contribution in [0.15, 0.2) is 72.9 Å². The highest BCUT2D eigenvalue weighted by Gasteiger charge is 1.96. The van der Waals surface area contributed by atoms with E-state index in [4.69, 9.17) is 5.41 Å². The largest absolute Gasteiger partial charge is 0.300 e. The molecule has 1 heteroatoms. The van der Waals surface area contributed by atoms with Gasteiger partial charge in [-0.2, -0.15) is 0 Å². The first kappa shape index (κ1) is 18.5. The molecule has 0 bridgehead atoms. The predicted molar refractivity (Wildman–Crippen MR) is 85.3 cm³/mol. The van der Waals surface area contributed by atoms with E-state index in [-0.39, 0.29) is 0 Å². The maximum absolute atomic E-state index is 7.44. The molecule has 1 N–H and O–H groups in total. The first-order chi connectivity index (χ1) is 8.40. The van der Waals surface area contributed by atoms with Crippen LogP contribution in [0.3, 0.4) is 0 Å². The van der Waals surface area contributed by atoms with E-state index in [1.165, 1.54) is 5.57 Å². The fourth-order valence-corrected chi connectivity index (χ4v) is 0.913. The van der Waals surface area contributed by atoms with E-state index in [0.29, 0.717) is 5.71 Å². The SMILES string of the molecule is C=C/C(C)=C\C=C/C.C=C/C=C(/C)C(=N)C(=C)C. The first-order valence-electron chi connectivity index (χ1n) is 5.86. The lowest BCUT2D eigenvalue weighted by Gasteiger charge is -2.00. The molecule has 0 aliphatic rings. The molecule has 0 spiro atoms. The molecule has 0 aliphatic carbocycles. The van der Waals surface area contributed by atoms with Crippen molar-refractivity contribution >= 4 is 5.71 Å². The molecule has 0 aromatic rings. The third-order valence-corrected chi connectivity index (χ3v) is 2.06. The number of hydrogen-bond donors (Lipinski definition) is 1. The van der Waals surface area contributed by atoms with Gasteiger partial charge in [0.25, 0.3) is 0 Å². The molecule has 0 atom stereocenters. The van der Waals surface area contributed by atoms with Crippen LogP contribution in [0, 0.1) is 5.41 Å². The molecule has 0 aliphatic heterocycles. The number of nitrogens with one attached hydrogen (secondary N) is 1. The lowest BCUT2D eigenvalue weighted by atomic mass is 10.1. The molecule has 0 amide bonds. The maximum atomic E-state index is 7.44. The summed E-state index contributed by atoms with van der Waals surface area (Å²) < 4.78 is 0. The van der Waals surface area contributed by atoms with E-state index in [9.17, 15) is 0 Å². The topological polar surface area (TPSA) is 23.9 Å². The Balaban J connectivity index is 0. The smallest absolute Gasteiger partial charge is 0.0592 e. The minimum Gasteiger partial charge on any atom is -0.300 e.